The minimum Gasteiger partial charge on any atom is -0.457 e. The summed E-state index contributed by atoms with van der Waals surface area (Å²) in [5.41, 5.74) is 1.39. The number of aliphatic hydroxyl groups is 1. The Morgan fingerprint density at radius 2 is 1.23 bits per heavy atom. The molecule has 0 radical (unpaired) electrons. The molecule has 0 saturated carbocycles. The van der Waals surface area contributed by atoms with Gasteiger partial charge in [0.1, 0.15) is 23.9 Å². The van der Waals surface area contributed by atoms with Gasteiger partial charge in [0.15, 0.2) is 6.10 Å². The Labute approximate surface area is 233 Å². The molecule has 1 aliphatic rings. The van der Waals surface area contributed by atoms with Crippen molar-refractivity contribution >= 4 is 17.8 Å². The number of carbonyl (C=O) groups is 3. The van der Waals surface area contributed by atoms with Crippen molar-refractivity contribution in [2.45, 2.75) is 57.0 Å². The van der Waals surface area contributed by atoms with E-state index in [-0.39, 0.29) is 6.61 Å². The normalized spacial score (nSPS) is 22.6. The van der Waals surface area contributed by atoms with Crippen molar-refractivity contribution in [2.24, 2.45) is 0 Å². The second kappa shape index (κ2) is 12.9. The fourth-order valence-corrected chi connectivity index (χ4v) is 5.01. The molecule has 2 N–H and O–H groups in total. The fraction of sp³-hybridized carbons (Fsp3) is 0.323. The molecule has 5 atom stereocenters. The predicted octanol–water partition coefficient (Wildman–Crippen LogP) is 3.08. The van der Waals surface area contributed by atoms with Crippen LogP contribution in [0.5, 0.6) is 0 Å². The van der Waals surface area contributed by atoms with Crippen LogP contribution in [-0.2, 0) is 38.9 Å². The van der Waals surface area contributed by atoms with Gasteiger partial charge in [-0.1, -0.05) is 91.0 Å². The maximum atomic E-state index is 12.0. The van der Waals surface area contributed by atoms with Crippen molar-refractivity contribution in [2.75, 3.05) is 6.61 Å². The Bertz CT molecular complexity index is 1190. The van der Waals surface area contributed by atoms with Crippen LogP contribution in [0.15, 0.2) is 91.0 Å². The molecule has 1 amide bonds. The minimum absolute atomic E-state index is 0.192. The van der Waals surface area contributed by atoms with Crippen LogP contribution in [0.1, 0.15) is 37.5 Å². The molecule has 1 aliphatic heterocycles. The molecule has 40 heavy (non-hydrogen) atoms. The van der Waals surface area contributed by atoms with Crippen molar-refractivity contribution in [1.82, 2.24) is 5.32 Å². The van der Waals surface area contributed by atoms with Crippen molar-refractivity contribution in [3.63, 3.8) is 0 Å². The second-order valence-corrected chi connectivity index (χ2v) is 9.53. The van der Waals surface area contributed by atoms with E-state index in [1.165, 1.54) is 20.8 Å². The summed E-state index contributed by atoms with van der Waals surface area (Å²) in [5.74, 6) is -1.85. The van der Waals surface area contributed by atoms with Crippen molar-refractivity contribution in [3.05, 3.63) is 108 Å². The molecule has 9 nitrogen and oxygen atoms in total. The molecule has 0 aliphatic carbocycles. The summed E-state index contributed by atoms with van der Waals surface area (Å²) in [6, 6.07) is 27.8. The summed E-state index contributed by atoms with van der Waals surface area (Å²) >= 11 is 0. The van der Waals surface area contributed by atoms with Gasteiger partial charge in [0.25, 0.3) is 0 Å². The van der Waals surface area contributed by atoms with E-state index in [1.54, 1.807) is 0 Å². The quantitative estimate of drug-likeness (QED) is 0.310. The SMILES string of the molecule is CC(=O)N[C@H]1[C@@H](OC(C)=O)O[C@@H](COC(c2ccccc2)(c2ccccc2)c2ccccc2)[C@@H](O)[C@H]1OC(C)=O. The minimum atomic E-state index is -1.42. The van der Waals surface area contributed by atoms with Gasteiger partial charge in [-0.25, -0.2) is 0 Å². The smallest absolute Gasteiger partial charge is 0.305 e. The molecule has 1 heterocycles. The van der Waals surface area contributed by atoms with Crippen LogP contribution in [0.3, 0.4) is 0 Å². The van der Waals surface area contributed by atoms with Crippen LogP contribution < -0.4 is 5.32 Å². The molecule has 0 bridgehead atoms. The predicted molar refractivity (Wildman–Crippen MR) is 145 cm³/mol. The third kappa shape index (κ3) is 6.39. The maximum Gasteiger partial charge on any atom is 0.305 e. The van der Waals surface area contributed by atoms with Crippen LogP contribution in [0.25, 0.3) is 0 Å². The van der Waals surface area contributed by atoms with Crippen LogP contribution >= 0.6 is 0 Å². The first-order valence-corrected chi connectivity index (χ1v) is 13.0. The summed E-state index contributed by atoms with van der Waals surface area (Å²) in [5, 5.41) is 13.9. The van der Waals surface area contributed by atoms with Crippen LogP contribution in [-0.4, -0.2) is 60.2 Å². The second-order valence-electron chi connectivity index (χ2n) is 9.53. The van der Waals surface area contributed by atoms with Gasteiger partial charge < -0.3 is 29.4 Å². The van der Waals surface area contributed by atoms with E-state index < -0.39 is 54.1 Å². The van der Waals surface area contributed by atoms with Crippen molar-refractivity contribution in [1.29, 1.82) is 0 Å². The zero-order valence-corrected chi connectivity index (χ0v) is 22.6. The summed E-state index contributed by atoms with van der Waals surface area (Å²) in [6.45, 7) is 3.44. The Morgan fingerprint density at radius 3 is 1.62 bits per heavy atom. The number of hydrogen-bond donors (Lipinski definition) is 2. The molecule has 4 rings (SSSR count). The van der Waals surface area contributed by atoms with Gasteiger partial charge >= 0.3 is 11.9 Å². The number of esters is 2. The summed E-state index contributed by atoms with van der Waals surface area (Å²) in [4.78, 5) is 35.8. The molecule has 0 aromatic heterocycles. The average Bonchev–Trinajstić information content (AvgIpc) is 2.94. The maximum absolute atomic E-state index is 12.0. The number of aliphatic hydroxyl groups excluding tert-OH is 1. The monoisotopic (exact) mass is 547 g/mol. The first-order valence-electron chi connectivity index (χ1n) is 13.0. The average molecular weight is 548 g/mol. The zero-order valence-electron chi connectivity index (χ0n) is 22.6. The molecule has 3 aromatic rings. The molecule has 1 fully saturated rings. The molecular weight excluding hydrogens is 514 g/mol. The molecule has 1 saturated heterocycles. The van der Waals surface area contributed by atoms with Gasteiger partial charge in [-0.05, 0) is 16.7 Å². The molecule has 0 spiro atoms. The van der Waals surface area contributed by atoms with E-state index in [4.69, 9.17) is 18.9 Å². The van der Waals surface area contributed by atoms with Crippen LogP contribution in [0.2, 0.25) is 0 Å². The van der Waals surface area contributed by atoms with Gasteiger partial charge in [-0.15, -0.1) is 0 Å². The summed E-state index contributed by atoms with van der Waals surface area (Å²) in [6.07, 6.45) is -5.14. The third-order valence-corrected chi connectivity index (χ3v) is 6.63. The van der Waals surface area contributed by atoms with E-state index in [0.717, 1.165) is 16.7 Å². The Morgan fingerprint density at radius 1 is 0.775 bits per heavy atom. The summed E-state index contributed by atoms with van der Waals surface area (Å²) < 4.78 is 23.5. The molecule has 3 aromatic carbocycles. The van der Waals surface area contributed by atoms with Gasteiger partial charge in [-0.3, -0.25) is 14.4 Å². The lowest BCUT2D eigenvalue weighted by atomic mass is 9.80. The summed E-state index contributed by atoms with van der Waals surface area (Å²) in [7, 11) is 0. The van der Waals surface area contributed by atoms with Crippen molar-refractivity contribution in [3.8, 4) is 0 Å². The van der Waals surface area contributed by atoms with Crippen LogP contribution in [0, 0.1) is 0 Å². The first kappa shape index (κ1) is 28.9. The Kier molecular flexibility index (Phi) is 9.31. The number of carbonyl (C=O) groups excluding carboxylic acids is 3. The number of hydrogen-bond acceptors (Lipinski definition) is 8. The lowest BCUT2D eigenvalue weighted by Gasteiger charge is -2.44. The van der Waals surface area contributed by atoms with Gasteiger partial charge in [-0.2, -0.15) is 0 Å². The van der Waals surface area contributed by atoms with Gasteiger partial charge in [0.2, 0.25) is 12.2 Å². The lowest BCUT2D eigenvalue weighted by Crippen LogP contribution is -2.66. The van der Waals surface area contributed by atoms with Gasteiger partial charge in [0, 0.05) is 20.8 Å². The van der Waals surface area contributed by atoms with E-state index in [9.17, 15) is 19.5 Å². The molecule has 210 valence electrons. The standard InChI is InChI=1S/C31H33NO8/c1-20(33)32-27-29(38-21(2)34)28(36)26(40-30(27)39-22(3)35)19-37-31(23-13-7-4-8-14-23,24-15-9-5-10-16-24)25-17-11-6-12-18-25/h4-18,26-30,36H,19H2,1-3H3,(H,32,33)/t26-,27+,28+,29-,30-/m0/s1. The largest absolute Gasteiger partial charge is 0.457 e. The molecular formula is C31H33NO8. The fourth-order valence-electron chi connectivity index (χ4n) is 5.01. The van der Waals surface area contributed by atoms with E-state index in [1.807, 2.05) is 91.0 Å². The lowest BCUT2D eigenvalue weighted by molar-refractivity contribution is -0.271. The topological polar surface area (TPSA) is 120 Å². The molecule has 9 heteroatoms. The number of benzene rings is 3. The van der Waals surface area contributed by atoms with Gasteiger partial charge in [0.05, 0.1) is 6.61 Å². The van der Waals surface area contributed by atoms with E-state index >= 15 is 0 Å². The number of rotatable bonds is 9. The number of ether oxygens (including phenoxy) is 4. The number of amides is 1. The first-order chi connectivity index (χ1) is 19.2. The highest BCUT2D eigenvalue weighted by Crippen LogP contribution is 2.41. The zero-order chi connectivity index (χ0) is 28.7. The number of nitrogens with one attached hydrogen (secondary N) is 1. The van der Waals surface area contributed by atoms with E-state index in [0.29, 0.717) is 0 Å². The van der Waals surface area contributed by atoms with E-state index in [2.05, 4.69) is 5.32 Å². The van der Waals surface area contributed by atoms with Crippen molar-refractivity contribution < 1.29 is 38.4 Å². The highest BCUT2D eigenvalue weighted by atomic mass is 16.7. The highest BCUT2D eigenvalue weighted by Gasteiger charge is 2.50. The molecule has 0 unspecified atom stereocenters. The third-order valence-electron chi connectivity index (χ3n) is 6.63. The Balaban J connectivity index is 1.76. The van der Waals surface area contributed by atoms with Crippen LogP contribution in [0.4, 0.5) is 0 Å². The Hall–Kier alpha value is -4.05. The highest BCUT2D eigenvalue weighted by molar-refractivity contribution is 5.74.